The molecule has 246 valence electrons. The van der Waals surface area contributed by atoms with Gasteiger partial charge < -0.3 is 14.5 Å². The molecule has 1 aliphatic rings. The zero-order valence-corrected chi connectivity index (χ0v) is 26.4. The van der Waals surface area contributed by atoms with Crippen LogP contribution in [-0.4, -0.2) is 75.3 Å². The quantitative estimate of drug-likeness (QED) is 0.227. The number of carbonyl (C=O) groups is 2. The number of ether oxygens (including phenoxy) is 1. The minimum Gasteiger partial charge on any atom is -0.464 e. The van der Waals surface area contributed by atoms with E-state index in [1.807, 2.05) is 6.07 Å². The number of hydrogen-bond donors (Lipinski definition) is 1. The molecule has 5 rings (SSSR count). The van der Waals surface area contributed by atoms with Gasteiger partial charge in [0.1, 0.15) is 17.3 Å². The molecule has 1 aliphatic heterocycles. The number of hydrogen-bond acceptors (Lipinski definition) is 6. The van der Waals surface area contributed by atoms with E-state index in [0.29, 0.717) is 11.3 Å². The van der Waals surface area contributed by atoms with Gasteiger partial charge in [-0.2, -0.15) is 23.5 Å². The summed E-state index contributed by atoms with van der Waals surface area (Å²) >= 11 is 0. The Balaban J connectivity index is 1.51. The van der Waals surface area contributed by atoms with E-state index in [9.17, 15) is 32.8 Å². The van der Waals surface area contributed by atoms with Gasteiger partial charge in [-0.3, -0.25) is 14.3 Å². The molecule has 11 nitrogen and oxygen atoms in total. The minimum atomic E-state index is -4.68. The fraction of sp³-hybridized carbons (Fsp3) is 0.364. The lowest BCUT2D eigenvalue weighted by atomic mass is 9.97. The summed E-state index contributed by atoms with van der Waals surface area (Å²) in [6, 6.07) is 13.0. The van der Waals surface area contributed by atoms with Crippen LogP contribution in [0.5, 0.6) is 0 Å². The Labute approximate surface area is 269 Å². The van der Waals surface area contributed by atoms with E-state index >= 15 is 0 Å². The zero-order valence-electron chi connectivity index (χ0n) is 26.4. The van der Waals surface area contributed by atoms with Gasteiger partial charge in [-0.25, -0.2) is 14.2 Å². The minimum absolute atomic E-state index is 0.0373. The van der Waals surface area contributed by atoms with E-state index < -0.39 is 40.8 Å². The van der Waals surface area contributed by atoms with Crippen molar-refractivity contribution < 1.29 is 32.0 Å². The number of halogens is 3. The van der Waals surface area contributed by atoms with Crippen molar-refractivity contribution in [3.63, 3.8) is 0 Å². The molecule has 3 heterocycles. The third-order valence-electron chi connectivity index (χ3n) is 8.49. The molecule has 1 N–H and O–H groups in total. The van der Waals surface area contributed by atoms with Crippen molar-refractivity contribution in [2.24, 2.45) is 13.0 Å². The van der Waals surface area contributed by atoms with Crippen LogP contribution in [0.25, 0.3) is 22.8 Å². The number of esters is 1. The number of aromatic nitrogens is 4. The highest BCUT2D eigenvalue weighted by Crippen LogP contribution is 2.31. The lowest BCUT2D eigenvalue weighted by Crippen LogP contribution is -2.47. The molecule has 0 aliphatic carbocycles. The zero-order chi connectivity index (χ0) is 34.1. The Hall–Kier alpha value is -5.16. The van der Waals surface area contributed by atoms with Gasteiger partial charge >= 0.3 is 12.1 Å². The normalized spacial score (nSPS) is 15.5. The molecular weight excluding hydrogens is 615 g/mol. The van der Waals surface area contributed by atoms with Gasteiger partial charge in [0.25, 0.3) is 11.5 Å². The predicted octanol–water partition coefficient (Wildman–Crippen LogP) is 4.07. The lowest BCUT2D eigenvalue weighted by molar-refractivity contribution is -0.896. The summed E-state index contributed by atoms with van der Waals surface area (Å²) in [5.74, 6) is -1.38. The summed E-state index contributed by atoms with van der Waals surface area (Å²) in [4.78, 5) is 40.7. The number of piperidine rings is 1. The predicted molar refractivity (Wildman–Crippen MR) is 166 cm³/mol. The Bertz CT molecular complexity index is 1890. The summed E-state index contributed by atoms with van der Waals surface area (Å²) in [5, 5.41) is 16.1. The van der Waals surface area contributed by atoms with Crippen LogP contribution in [0, 0.1) is 17.2 Å². The molecule has 1 amide bonds. The van der Waals surface area contributed by atoms with E-state index in [2.05, 4.69) is 24.5 Å². The summed E-state index contributed by atoms with van der Waals surface area (Å²) in [6.45, 7) is 3.57. The molecule has 0 radical (unpaired) electrons. The largest absolute Gasteiger partial charge is 0.464 e. The van der Waals surface area contributed by atoms with Gasteiger partial charge in [0.05, 0.1) is 74.3 Å². The number of nitriles is 1. The van der Waals surface area contributed by atoms with Crippen molar-refractivity contribution in [3.8, 4) is 28.8 Å². The van der Waals surface area contributed by atoms with Crippen molar-refractivity contribution in [2.45, 2.75) is 32.0 Å². The van der Waals surface area contributed by atoms with Crippen molar-refractivity contribution >= 4 is 11.9 Å². The first-order valence-corrected chi connectivity index (χ1v) is 15.0. The smallest absolute Gasteiger partial charge is 0.416 e. The van der Waals surface area contributed by atoms with Gasteiger partial charge in [0.2, 0.25) is 0 Å². The average molecular weight is 651 g/mol. The van der Waals surface area contributed by atoms with Crippen molar-refractivity contribution in [3.05, 3.63) is 87.8 Å². The lowest BCUT2D eigenvalue weighted by Gasteiger charge is -2.37. The molecular formula is C33H35F3N7O4+. The highest BCUT2D eigenvalue weighted by molar-refractivity contribution is 6.01. The van der Waals surface area contributed by atoms with E-state index in [1.165, 1.54) is 41.7 Å². The van der Waals surface area contributed by atoms with Crippen molar-refractivity contribution in [2.75, 3.05) is 33.8 Å². The van der Waals surface area contributed by atoms with Crippen LogP contribution in [0.2, 0.25) is 0 Å². The highest BCUT2D eigenvalue weighted by Gasteiger charge is 2.34. The van der Waals surface area contributed by atoms with Crippen LogP contribution >= 0.6 is 0 Å². The maximum atomic E-state index is 14.0. The number of nitrogens with zero attached hydrogens (tertiary/aromatic N) is 6. The number of alkyl halides is 3. The fourth-order valence-corrected chi connectivity index (χ4v) is 5.71. The van der Waals surface area contributed by atoms with Crippen molar-refractivity contribution in [1.29, 1.82) is 5.26 Å². The Kier molecular flexibility index (Phi) is 9.13. The topological polar surface area (TPSA) is 124 Å². The fourth-order valence-electron chi connectivity index (χ4n) is 5.71. The highest BCUT2D eigenvalue weighted by atomic mass is 19.4. The summed E-state index contributed by atoms with van der Waals surface area (Å²) in [7, 11) is 5.73. The molecule has 1 fully saturated rings. The Morgan fingerprint density at radius 2 is 1.79 bits per heavy atom. The molecule has 0 bridgehead atoms. The van der Waals surface area contributed by atoms with Crippen LogP contribution in [0.1, 0.15) is 41.3 Å². The van der Waals surface area contributed by atoms with E-state index in [1.54, 1.807) is 30.3 Å². The van der Waals surface area contributed by atoms with E-state index in [0.717, 1.165) is 47.2 Å². The second-order valence-corrected chi connectivity index (χ2v) is 12.4. The third-order valence-corrected chi connectivity index (χ3v) is 8.49. The van der Waals surface area contributed by atoms with Gasteiger partial charge in [0.15, 0.2) is 0 Å². The molecule has 1 saturated heterocycles. The third kappa shape index (κ3) is 7.00. The molecule has 14 heteroatoms. The van der Waals surface area contributed by atoms with Gasteiger partial charge in [0, 0.05) is 25.8 Å². The molecule has 0 saturated carbocycles. The van der Waals surface area contributed by atoms with Gasteiger partial charge in [-0.1, -0.05) is 6.07 Å². The molecule has 4 aromatic rings. The molecule has 2 aromatic heterocycles. The molecule has 1 atom stereocenters. The van der Waals surface area contributed by atoms with Crippen LogP contribution < -0.4 is 10.9 Å². The van der Waals surface area contributed by atoms with Gasteiger partial charge in [-0.05, 0) is 55.5 Å². The molecule has 0 unspecified atom stereocenters. The van der Waals surface area contributed by atoms with Crippen LogP contribution in [0.3, 0.4) is 0 Å². The standard InChI is InChI=1S/C33H34F3N7O4/c1-21(32(46)47-20-23-13-16-43(3,4)17-14-23)39-30(44)28-29(27-12-15-38-41(27)25-10-8-22(19-37)9-11-25)40(2)42(31(28)45)26-7-5-6-24(18-26)33(34,35)36/h5-12,15,18,21,23H,13-14,16-17,20H2,1-4H3/p+1/t21-/m0/s1. The SMILES string of the molecule is C[C@H](NC(=O)c1c(-c2ccnn2-c2ccc(C#N)cc2)n(C)n(-c2cccc(C(F)(F)F)c2)c1=O)C(=O)OCC1CC[N+](C)(C)CC1. The monoisotopic (exact) mass is 650 g/mol. The number of carbonyl (C=O) groups excluding carboxylic acids is 2. The first-order valence-electron chi connectivity index (χ1n) is 15.0. The van der Waals surface area contributed by atoms with Gasteiger partial charge in [-0.15, -0.1) is 0 Å². The molecule has 2 aromatic carbocycles. The van der Waals surface area contributed by atoms with E-state index in [4.69, 9.17) is 4.74 Å². The Morgan fingerprint density at radius 1 is 1.11 bits per heavy atom. The number of benzene rings is 2. The number of nitrogens with one attached hydrogen (secondary N) is 1. The maximum absolute atomic E-state index is 14.0. The summed E-state index contributed by atoms with van der Waals surface area (Å²) in [6.07, 6.45) is -1.44. The second kappa shape index (κ2) is 12.9. The second-order valence-electron chi connectivity index (χ2n) is 12.4. The van der Waals surface area contributed by atoms with Crippen LogP contribution in [0.15, 0.2) is 65.6 Å². The molecule has 47 heavy (non-hydrogen) atoms. The van der Waals surface area contributed by atoms with Crippen LogP contribution in [-0.2, 0) is 22.8 Å². The number of amides is 1. The number of likely N-dealkylation sites (tertiary alicyclic amines) is 1. The number of rotatable bonds is 8. The first kappa shape index (κ1) is 33.2. The molecule has 0 spiro atoms. The maximum Gasteiger partial charge on any atom is 0.416 e. The summed E-state index contributed by atoms with van der Waals surface area (Å²) in [5.41, 5.74) is -1.22. The Morgan fingerprint density at radius 3 is 2.43 bits per heavy atom. The number of quaternary nitrogens is 1. The first-order chi connectivity index (χ1) is 22.2. The van der Waals surface area contributed by atoms with Crippen LogP contribution in [0.4, 0.5) is 13.2 Å². The summed E-state index contributed by atoms with van der Waals surface area (Å²) < 4.78 is 50.9. The van der Waals surface area contributed by atoms with E-state index in [-0.39, 0.29) is 29.6 Å². The van der Waals surface area contributed by atoms with Crippen molar-refractivity contribution in [1.82, 2.24) is 24.5 Å². The average Bonchev–Trinajstić information content (AvgIpc) is 3.61.